The van der Waals surface area contributed by atoms with E-state index in [9.17, 15) is 4.79 Å². The molecule has 4 heteroatoms. The van der Waals surface area contributed by atoms with Gasteiger partial charge in [-0.05, 0) is 102 Å². The zero-order chi connectivity index (χ0) is 20.8. The van der Waals surface area contributed by atoms with E-state index in [0.717, 1.165) is 12.6 Å². The van der Waals surface area contributed by atoms with Crippen molar-refractivity contribution in [3.8, 4) is 0 Å². The summed E-state index contributed by atoms with van der Waals surface area (Å²) in [5.41, 5.74) is 9.49. The molecule has 0 fully saturated rings. The molecule has 0 saturated heterocycles. The van der Waals surface area contributed by atoms with E-state index < -0.39 is 8.07 Å². The van der Waals surface area contributed by atoms with Crippen LogP contribution in [0, 0.1) is 27.7 Å². The minimum absolute atomic E-state index is 0.173. The van der Waals surface area contributed by atoms with Gasteiger partial charge in [-0.1, -0.05) is 30.3 Å². The fraction of sp³-hybridized carbons (Fsp3) is 0.458. The fourth-order valence-electron chi connectivity index (χ4n) is 3.54. The molecule has 1 N–H and O–H groups in total. The van der Waals surface area contributed by atoms with E-state index in [4.69, 9.17) is 4.74 Å². The second-order valence-electron chi connectivity index (χ2n) is 7.76. The normalized spacial score (nSPS) is 13.2. The number of benzene rings is 2. The van der Waals surface area contributed by atoms with Gasteiger partial charge in [0, 0.05) is 6.16 Å². The Balaban J connectivity index is 2.08. The zero-order valence-corrected chi connectivity index (χ0v) is 19.2. The first-order chi connectivity index (χ1) is 13.2. The van der Waals surface area contributed by atoms with Gasteiger partial charge in [-0.15, -0.1) is 0 Å². The summed E-state index contributed by atoms with van der Waals surface area (Å²) in [7, 11) is -0.481. The topological polar surface area (TPSA) is 38.3 Å². The number of nitrogens with one attached hydrogen (secondary N) is 1. The standard InChI is InChI=1S/C24H34NO2P/c1-8-27-24(26)20(6)25-28(7)15-22-12-18(4)23(19(5)13-22)14-21-10-9-16(2)17(3)11-21/h9-13,20,25H,8,14-15H2,1-7H3. The average Bonchev–Trinajstić information content (AvgIpc) is 2.61. The molecule has 2 unspecified atom stereocenters. The van der Waals surface area contributed by atoms with Crippen molar-refractivity contribution in [2.24, 2.45) is 0 Å². The highest BCUT2D eigenvalue weighted by Gasteiger charge is 2.17. The van der Waals surface area contributed by atoms with Crippen LogP contribution in [-0.2, 0) is 22.1 Å². The zero-order valence-electron chi connectivity index (χ0n) is 18.3. The molecular formula is C24H34NO2P. The van der Waals surface area contributed by atoms with Gasteiger partial charge in [0.25, 0.3) is 0 Å². The van der Waals surface area contributed by atoms with Crippen molar-refractivity contribution in [3.05, 3.63) is 69.3 Å². The second-order valence-corrected chi connectivity index (χ2v) is 9.73. The van der Waals surface area contributed by atoms with Crippen LogP contribution in [0.3, 0.4) is 0 Å². The van der Waals surface area contributed by atoms with E-state index in [1.807, 2.05) is 13.8 Å². The molecule has 28 heavy (non-hydrogen) atoms. The van der Waals surface area contributed by atoms with Gasteiger partial charge in [0.05, 0.1) is 6.61 Å². The van der Waals surface area contributed by atoms with Crippen LogP contribution in [0.5, 0.6) is 0 Å². The Kier molecular flexibility index (Phi) is 8.22. The van der Waals surface area contributed by atoms with Crippen molar-refractivity contribution in [1.29, 1.82) is 0 Å². The maximum atomic E-state index is 11.8. The van der Waals surface area contributed by atoms with E-state index in [1.165, 1.54) is 38.9 Å². The molecule has 0 saturated carbocycles. The number of ether oxygens (including phenoxy) is 1. The maximum Gasteiger partial charge on any atom is 0.323 e. The molecule has 0 spiro atoms. The number of carbonyl (C=O) groups is 1. The molecule has 152 valence electrons. The smallest absolute Gasteiger partial charge is 0.323 e. The fourth-order valence-corrected chi connectivity index (χ4v) is 5.13. The van der Waals surface area contributed by atoms with Crippen LogP contribution in [0.25, 0.3) is 0 Å². The summed E-state index contributed by atoms with van der Waals surface area (Å²) < 4.78 is 5.09. The minimum atomic E-state index is -0.481. The van der Waals surface area contributed by atoms with Gasteiger partial charge in [-0.3, -0.25) is 9.88 Å². The van der Waals surface area contributed by atoms with Crippen LogP contribution in [0.15, 0.2) is 30.3 Å². The molecule has 0 aliphatic heterocycles. The summed E-state index contributed by atoms with van der Waals surface area (Å²) in [5, 5.41) is 3.41. The molecule has 2 aromatic carbocycles. The number of carbonyl (C=O) groups excluding carboxylic acids is 1. The molecule has 2 aromatic rings. The van der Waals surface area contributed by atoms with Crippen molar-refractivity contribution in [2.45, 2.75) is 60.2 Å². The Morgan fingerprint density at radius 1 is 1.00 bits per heavy atom. The van der Waals surface area contributed by atoms with Crippen molar-refractivity contribution in [1.82, 2.24) is 5.09 Å². The lowest BCUT2D eigenvalue weighted by atomic mass is 9.93. The molecule has 2 atom stereocenters. The Labute approximate surface area is 171 Å². The Morgan fingerprint density at radius 2 is 1.61 bits per heavy atom. The summed E-state index contributed by atoms with van der Waals surface area (Å²) in [4.78, 5) is 11.8. The Hall–Kier alpha value is -1.70. The van der Waals surface area contributed by atoms with Crippen molar-refractivity contribution in [2.75, 3.05) is 13.3 Å². The minimum Gasteiger partial charge on any atom is -0.465 e. The molecule has 0 bridgehead atoms. The molecule has 0 aliphatic carbocycles. The monoisotopic (exact) mass is 399 g/mol. The van der Waals surface area contributed by atoms with Crippen LogP contribution in [0.2, 0.25) is 0 Å². The van der Waals surface area contributed by atoms with Gasteiger partial charge >= 0.3 is 5.97 Å². The van der Waals surface area contributed by atoms with Crippen molar-refractivity contribution < 1.29 is 9.53 Å². The van der Waals surface area contributed by atoms with Crippen LogP contribution >= 0.6 is 8.07 Å². The second kappa shape index (κ2) is 10.2. The quantitative estimate of drug-likeness (QED) is 0.465. The third-order valence-corrected chi connectivity index (χ3v) is 6.85. The Morgan fingerprint density at radius 3 is 2.18 bits per heavy atom. The number of hydrogen-bond acceptors (Lipinski definition) is 3. The first-order valence-electron chi connectivity index (χ1n) is 10.00. The van der Waals surface area contributed by atoms with Gasteiger partial charge in [0.15, 0.2) is 0 Å². The largest absolute Gasteiger partial charge is 0.465 e. The number of aryl methyl sites for hydroxylation is 4. The van der Waals surface area contributed by atoms with Crippen LogP contribution in [-0.4, -0.2) is 25.3 Å². The SMILES string of the molecule is CCOC(=O)C(C)NP(C)Cc1cc(C)c(Cc2ccc(C)c(C)c2)c(C)c1. The summed E-state index contributed by atoms with van der Waals surface area (Å²) >= 11 is 0. The third kappa shape index (κ3) is 6.15. The molecule has 0 heterocycles. The first kappa shape index (κ1) is 22.6. The van der Waals surface area contributed by atoms with E-state index in [-0.39, 0.29) is 12.0 Å². The van der Waals surface area contributed by atoms with Gasteiger partial charge in [0.2, 0.25) is 0 Å². The maximum absolute atomic E-state index is 11.8. The Bertz CT molecular complexity index is 808. The van der Waals surface area contributed by atoms with Crippen molar-refractivity contribution >= 4 is 14.0 Å². The lowest BCUT2D eigenvalue weighted by Gasteiger charge is -2.20. The highest BCUT2D eigenvalue weighted by Crippen LogP contribution is 2.33. The lowest BCUT2D eigenvalue weighted by Crippen LogP contribution is -2.32. The molecule has 2 rings (SSSR count). The average molecular weight is 400 g/mol. The number of hydrogen-bond donors (Lipinski definition) is 1. The van der Waals surface area contributed by atoms with Gasteiger partial charge < -0.3 is 4.74 Å². The summed E-state index contributed by atoms with van der Waals surface area (Å²) in [6, 6.07) is 11.1. The predicted octanol–water partition coefficient (Wildman–Crippen LogP) is 5.58. The summed E-state index contributed by atoms with van der Waals surface area (Å²) in [5.74, 6) is -0.173. The lowest BCUT2D eigenvalue weighted by molar-refractivity contribution is -0.144. The molecule has 3 nitrogen and oxygen atoms in total. The van der Waals surface area contributed by atoms with E-state index in [2.05, 4.69) is 69.8 Å². The highest BCUT2D eigenvalue weighted by molar-refractivity contribution is 7.53. The van der Waals surface area contributed by atoms with Crippen molar-refractivity contribution in [3.63, 3.8) is 0 Å². The van der Waals surface area contributed by atoms with Crippen LogP contribution in [0.1, 0.15) is 52.8 Å². The van der Waals surface area contributed by atoms with Gasteiger partial charge in [0.1, 0.15) is 6.04 Å². The number of esters is 1. The molecule has 0 aromatic heterocycles. The van der Waals surface area contributed by atoms with Crippen LogP contribution in [0.4, 0.5) is 0 Å². The van der Waals surface area contributed by atoms with Gasteiger partial charge in [-0.2, -0.15) is 0 Å². The summed E-state index contributed by atoms with van der Waals surface area (Å²) in [6.45, 7) is 15.1. The third-order valence-electron chi connectivity index (χ3n) is 5.18. The first-order valence-corrected chi connectivity index (χ1v) is 12.0. The van der Waals surface area contributed by atoms with Gasteiger partial charge in [-0.25, -0.2) is 0 Å². The number of rotatable bonds is 8. The molecular weight excluding hydrogens is 365 g/mol. The van der Waals surface area contributed by atoms with Crippen LogP contribution < -0.4 is 5.09 Å². The molecule has 0 radical (unpaired) electrons. The molecule has 0 aliphatic rings. The van der Waals surface area contributed by atoms with E-state index >= 15 is 0 Å². The van der Waals surface area contributed by atoms with E-state index in [0.29, 0.717) is 6.61 Å². The molecule has 0 amide bonds. The predicted molar refractivity (Wildman–Crippen MR) is 120 cm³/mol. The van der Waals surface area contributed by atoms with E-state index in [1.54, 1.807) is 0 Å². The highest BCUT2D eigenvalue weighted by atomic mass is 31.1. The summed E-state index contributed by atoms with van der Waals surface area (Å²) in [6.07, 6.45) is 1.92.